The van der Waals surface area contributed by atoms with Crippen molar-refractivity contribution in [3.63, 3.8) is 0 Å². The van der Waals surface area contributed by atoms with Gasteiger partial charge in [0.15, 0.2) is 0 Å². The van der Waals surface area contributed by atoms with Gasteiger partial charge < -0.3 is 11.1 Å². The van der Waals surface area contributed by atoms with Crippen LogP contribution in [0.2, 0.25) is 0 Å². The van der Waals surface area contributed by atoms with Crippen molar-refractivity contribution in [2.45, 2.75) is 57.9 Å². The molecule has 1 heterocycles. The predicted octanol–water partition coefficient (Wildman–Crippen LogP) is 2.58. The Morgan fingerprint density at radius 1 is 1.29 bits per heavy atom. The largest absolute Gasteiger partial charge is 0.368 e. The van der Waals surface area contributed by atoms with Crippen LogP contribution in [0.25, 0.3) is 0 Å². The first-order valence-electron chi connectivity index (χ1n) is 6.77. The first-order valence-corrected chi connectivity index (χ1v) is 6.77. The van der Waals surface area contributed by atoms with Gasteiger partial charge in [0.2, 0.25) is 11.9 Å². The van der Waals surface area contributed by atoms with Crippen molar-refractivity contribution in [2.24, 2.45) is 0 Å². The lowest BCUT2D eigenvalue weighted by Gasteiger charge is -2.14. The quantitative estimate of drug-likeness (QED) is 0.790. The molecule has 5 heteroatoms. The van der Waals surface area contributed by atoms with Gasteiger partial charge in [0, 0.05) is 6.54 Å². The van der Waals surface area contributed by atoms with E-state index >= 15 is 0 Å². The molecule has 0 aromatic carbocycles. The monoisotopic (exact) mass is 237 g/mol. The first-order chi connectivity index (χ1) is 8.31. The molecule has 1 aromatic rings. The zero-order chi connectivity index (χ0) is 12.1. The van der Waals surface area contributed by atoms with Gasteiger partial charge in [0.05, 0.1) is 6.04 Å². The Labute approximate surface area is 103 Å². The van der Waals surface area contributed by atoms with E-state index in [0.29, 0.717) is 17.9 Å². The Bertz CT molecular complexity index is 339. The Balaban J connectivity index is 2.05. The van der Waals surface area contributed by atoms with Gasteiger partial charge in [-0.1, -0.05) is 32.6 Å². The molecular weight excluding hydrogens is 214 g/mol. The molecule has 0 saturated heterocycles. The number of hydrogen-bond acceptors (Lipinski definition) is 4. The van der Waals surface area contributed by atoms with Crippen LogP contribution in [0.15, 0.2) is 0 Å². The van der Waals surface area contributed by atoms with Crippen molar-refractivity contribution in [1.82, 2.24) is 14.8 Å². The normalized spacial score (nSPS) is 17.9. The maximum Gasteiger partial charge on any atom is 0.243 e. The van der Waals surface area contributed by atoms with E-state index in [1.807, 2.05) is 4.68 Å². The number of anilines is 2. The van der Waals surface area contributed by atoms with Crippen molar-refractivity contribution in [3.05, 3.63) is 0 Å². The SMILES string of the molecule is CCCNc1nc(N)n(C2CCCCCC2)n1. The van der Waals surface area contributed by atoms with Gasteiger partial charge in [-0.2, -0.15) is 4.98 Å². The number of nitrogens with two attached hydrogens (primary N) is 1. The van der Waals surface area contributed by atoms with Crippen LogP contribution in [0, 0.1) is 0 Å². The zero-order valence-electron chi connectivity index (χ0n) is 10.7. The van der Waals surface area contributed by atoms with Crippen LogP contribution in [0.5, 0.6) is 0 Å². The smallest absolute Gasteiger partial charge is 0.243 e. The Morgan fingerprint density at radius 3 is 2.65 bits per heavy atom. The van der Waals surface area contributed by atoms with Gasteiger partial charge >= 0.3 is 0 Å². The Morgan fingerprint density at radius 2 is 2.00 bits per heavy atom. The summed E-state index contributed by atoms with van der Waals surface area (Å²) < 4.78 is 1.92. The number of rotatable bonds is 4. The molecule has 1 aliphatic carbocycles. The molecular formula is C12H23N5. The van der Waals surface area contributed by atoms with E-state index in [0.717, 1.165) is 13.0 Å². The van der Waals surface area contributed by atoms with Crippen LogP contribution in [-0.2, 0) is 0 Å². The third-order valence-electron chi connectivity index (χ3n) is 3.36. The molecule has 1 aromatic heterocycles. The standard InChI is InChI=1S/C12H23N5/c1-2-9-14-12-15-11(13)17(16-12)10-7-5-3-4-6-8-10/h10H,2-9H2,1H3,(H3,13,14,15,16). The van der Waals surface area contributed by atoms with Crippen molar-refractivity contribution in [3.8, 4) is 0 Å². The highest BCUT2D eigenvalue weighted by Gasteiger charge is 2.18. The predicted molar refractivity (Wildman–Crippen MR) is 70.0 cm³/mol. The van der Waals surface area contributed by atoms with Crippen LogP contribution in [-0.4, -0.2) is 21.3 Å². The van der Waals surface area contributed by atoms with E-state index in [1.165, 1.54) is 38.5 Å². The third-order valence-corrected chi connectivity index (χ3v) is 3.36. The van der Waals surface area contributed by atoms with E-state index < -0.39 is 0 Å². The summed E-state index contributed by atoms with van der Waals surface area (Å²) in [6.07, 6.45) is 8.67. The van der Waals surface area contributed by atoms with E-state index in [9.17, 15) is 0 Å². The summed E-state index contributed by atoms with van der Waals surface area (Å²) in [6.45, 7) is 3.02. The summed E-state index contributed by atoms with van der Waals surface area (Å²) in [6, 6.07) is 0.446. The lowest BCUT2D eigenvalue weighted by molar-refractivity contribution is 0.411. The second kappa shape index (κ2) is 5.89. The van der Waals surface area contributed by atoms with Gasteiger partial charge in [-0.05, 0) is 19.3 Å². The van der Waals surface area contributed by atoms with Crippen LogP contribution in [0.3, 0.4) is 0 Å². The second-order valence-corrected chi connectivity index (χ2v) is 4.81. The van der Waals surface area contributed by atoms with Crippen molar-refractivity contribution >= 4 is 11.9 Å². The summed E-state index contributed by atoms with van der Waals surface area (Å²) in [5.41, 5.74) is 5.94. The van der Waals surface area contributed by atoms with Gasteiger partial charge in [-0.15, -0.1) is 5.10 Å². The topological polar surface area (TPSA) is 68.8 Å². The summed E-state index contributed by atoms with van der Waals surface area (Å²) in [4.78, 5) is 4.27. The fourth-order valence-electron chi connectivity index (χ4n) is 2.42. The summed E-state index contributed by atoms with van der Waals surface area (Å²) in [5.74, 6) is 1.23. The summed E-state index contributed by atoms with van der Waals surface area (Å²) in [7, 11) is 0. The Hall–Kier alpha value is -1.26. The fourth-order valence-corrected chi connectivity index (χ4v) is 2.42. The average Bonchev–Trinajstić information content (AvgIpc) is 2.56. The minimum atomic E-state index is 0.446. The molecule has 2 rings (SSSR count). The average molecular weight is 237 g/mol. The highest BCUT2D eigenvalue weighted by molar-refractivity contribution is 5.31. The molecule has 1 saturated carbocycles. The molecule has 0 aliphatic heterocycles. The van der Waals surface area contributed by atoms with Gasteiger partial charge in [-0.3, -0.25) is 0 Å². The molecule has 0 unspecified atom stereocenters. The van der Waals surface area contributed by atoms with Crippen LogP contribution < -0.4 is 11.1 Å². The Kier molecular flexibility index (Phi) is 4.23. The third kappa shape index (κ3) is 3.11. The molecule has 0 atom stereocenters. The second-order valence-electron chi connectivity index (χ2n) is 4.81. The number of hydrogen-bond donors (Lipinski definition) is 2. The highest BCUT2D eigenvalue weighted by atomic mass is 15.4. The molecule has 1 aliphatic rings. The minimum absolute atomic E-state index is 0.446. The zero-order valence-corrected chi connectivity index (χ0v) is 10.7. The molecule has 1 fully saturated rings. The number of nitrogens with one attached hydrogen (secondary N) is 1. The molecule has 96 valence electrons. The first kappa shape index (κ1) is 12.2. The van der Waals surface area contributed by atoms with Crippen LogP contribution in [0.1, 0.15) is 57.9 Å². The van der Waals surface area contributed by atoms with Gasteiger partial charge in [0.25, 0.3) is 0 Å². The highest BCUT2D eigenvalue weighted by Crippen LogP contribution is 2.28. The maximum atomic E-state index is 5.94. The number of aromatic nitrogens is 3. The molecule has 0 radical (unpaired) electrons. The van der Waals surface area contributed by atoms with Crippen molar-refractivity contribution in [1.29, 1.82) is 0 Å². The molecule has 0 bridgehead atoms. The fraction of sp³-hybridized carbons (Fsp3) is 0.833. The molecule has 0 amide bonds. The summed E-state index contributed by atoms with van der Waals surface area (Å²) in [5, 5.41) is 7.67. The van der Waals surface area contributed by atoms with Crippen LogP contribution in [0.4, 0.5) is 11.9 Å². The van der Waals surface area contributed by atoms with E-state index in [1.54, 1.807) is 0 Å². The molecule has 17 heavy (non-hydrogen) atoms. The molecule has 3 N–H and O–H groups in total. The van der Waals surface area contributed by atoms with E-state index in [-0.39, 0.29) is 0 Å². The molecule has 0 spiro atoms. The number of nitrogen functional groups attached to an aromatic ring is 1. The van der Waals surface area contributed by atoms with E-state index in [2.05, 4.69) is 22.3 Å². The van der Waals surface area contributed by atoms with Crippen molar-refractivity contribution < 1.29 is 0 Å². The van der Waals surface area contributed by atoms with E-state index in [4.69, 9.17) is 5.73 Å². The molecule has 5 nitrogen and oxygen atoms in total. The van der Waals surface area contributed by atoms with Crippen LogP contribution >= 0.6 is 0 Å². The van der Waals surface area contributed by atoms with Gasteiger partial charge in [-0.25, -0.2) is 4.68 Å². The summed E-state index contributed by atoms with van der Waals surface area (Å²) >= 11 is 0. The van der Waals surface area contributed by atoms with Crippen molar-refractivity contribution in [2.75, 3.05) is 17.6 Å². The maximum absolute atomic E-state index is 5.94. The lowest BCUT2D eigenvalue weighted by atomic mass is 10.1. The lowest BCUT2D eigenvalue weighted by Crippen LogP contribution is -2.13. The number of nitrogens with zero attached hydrogens (tertiary/aromatic N) is 3. The minimum Gasteiger partial charge on any atom is -0.368 e. The van der Waals surface area contributed by atoms with Gasteiger partial charge in [0.1, 0.15) is 0 Å².